The first-order valence-corrected chi connectivity index (χ1v) is 10.9. The van der Waals surface area contributed by atoms with Crippen molar-refractivity contribution >= 4 is 41.4 Å². The summed E-state index contributed by atoms with van der Waals surface area (Å²) in [6.07, 6.45) is 1.97. The number of unbranched alkanes of at least 4 members (excludes halogenated alkanes) is 1. The fourth-order valence-corrected chi connectivity index (χ4v) is 3.78. The first-order chi connectivity index (χ1) is 15.4. The summed E-state index contributed by atoms with van der Waals surface area (Å²) in [4.78, 5) is 26.3. The van der Waals surface area contributed by atoms with Gasteiger partial charge in [0.05, 0.1) is 0 Å². The number of hydrogen-bond donors (Lipinski definition) is 2. The molecule has 0 bridgehead atoms. The molecule has 3 rings (SSSR count). The molecule has 9 heteroatoms. The average Bonchev–Trinajstić information content (AvgIpc) is 3.32. The van der Waals surface area contributed by atoms with Crippen LogP contribution in [0, 0.1) is 5.92 Å². The second kappa shape index (κ2) is 12.6. The van der Waals surface area contributed by atoms with Gasteiger partial charge in [0.1, 0.15) is 6.04 Å². The molecule has 169 valence electrons. The van der Waals surface area contributed by atoms with E-state index in [0.29, 0.717) is 12.2 Å². The van der Waals surface area contributed by atoms with E-state index in [9.17, 15) is 14.7 Å². The molecule has 8 nitrogen and oxygen atoms in total. The monoisotopic (exact) mass is 458 g/mol. The van der Waals surface area contributed by atoms with Crippen LogP contribution in [0.2, 0.25) is 0 Å². The molecule has 1 aromatic heterocycles. The normalized spacial score (nSPS) is 11.6. The Labute approximate surface area is 216 Å². The van der Waals surface area contributed by atoms with Gasteiger partial charge in [0.15, 0.2) is 0 Å². The molecule has 33 heavy (non-hydrogen) atoms. The van der Waals surface area contributed by atoms with E-state index < -0.39 is 12.0 Å². The van der Waals surface area contributed by atoms with Gasteiger partial charge in [0, 0.05) is 48.1 Å². The zero-order valence-corrected chi connectivity index (χ0v) is 21.7. The van der Waals surface area contributed by atoms with Gasteiger partial charge in [-0.2, -0.15) is 5.21 Å². The Morgan fingerprint density at radius 1 is 1.06 bits per heavy atom. The van der Waals surface area contributed by atoms with E-state index in [1.165, 1.54) is 4.90 Å². The van der Waals surface area contributed by atoms with Crippen molar-refractivity contribution in [3.8, 4) is 22.5 Å². The molecule has 0 saturated heterocycles. The van der Waals surface area contributed by atoms with Gasteiger partial charge in [0.2, 0.25) is 11.7 Å². The molecular formula is C24H29N5NaO3. The number of aromatic amines is 1. The van der Waals surface area contributed by atoms with Crippen molar-refractivity contribution in [1.29, 1.82) is 0 Å². The molecular weight excluding hydrogens is 429 g/mol. The summed E-state index contributed by atoms with van der Waals surface area (Å²) in [6.45, 7) is 5.93. The summed E-state index contributed by atoms with van der Waals surface area (Å²) in [7, 11) is 0. The van der Waals surface area contributed by atoms with Crippen LogP contribution in [-0.2, 0) is 16.1 Å². The Balaban J connectivity index is 0.00000385. The summed E-state index contributed by atoms with van der Waals surface area (Å²) in [5, 5.41) is 24.0. The van der Waals surface area contributed by atoms with Gasteiger partial charge in [-0.25, -0.2) is 4.79 Å². The van der Waals surface area contributed by atoms with Gasteiger partial charge >= 0.3 is 5.97 Å². The number of rotatable bonds is 10. The molecule has 1 amide bonds. The van der Waals surface area contributed by atoms with Crippen molar-refractivity contribution in [2.45, 2.75) is 52.6 Å². The van der Waals surface area contributed by atoms with Crippen molar-refractivity contribution in [3.05, 3.63) is 54.1 Å². The van der Waals surface area contributed by atoms with Gasteiger partial charge in [-0.15, -0.1) is 10.2 Å². The van der Waals surface area contributed by atoms with Crippen molar-refractivity contribution in [2.75, 3.05) is 0 Å². The van der Waals surface area contributed by atoms with Crippen LogP contribution in [0.4, 0.5) is 0 Å². The molecule has 1 atom stereocenters. The minimum Gasteiger partial charge on any atom is -0.480 e. The fourth-order valence-electron chi connectivity index (χ4n) is 3.78. The van der Waals surface area contributed by atoms with Gasteiger partial charge in [-0.1, -0.05) is 75.7 Å². The van der Waals surface area contributed by atoms with E-state index in [2.05, 4.69) is 20.6 Å². The van der Waals surface area contributed by atoms with Crippen molar-refractivity contribution < 1.29 is 14.7 Å². The van der Waals surface area contributed by atoms with E-state index in [-0.39, 0.29) is 47.9 Å². The smallest absolute Gasteiger partial charge is 0.326 e. The molecule has 1 heterocycles. The summed E-state index contributed by atoms with van der Waals surface area (Å²) in [6, 6.07) is 14.7. The number of aliphatic carboxylic acids is 1. The van der Waals surface area contributed by atoms with Crippen LogP contribution in [-0.4, -0.2) is 78.1 Å². The summed E-state index contributed by atoms with van der Waals surface area (Å²) < 4.78 is 0. The quantitative estimate of drug-likeness (QED) is 0.447. The zero-order chi connectivity index (χ0) is 23.1. The van der Waals surface area contributed by atoms with Gasteiger partial charge < -0.3 is 10.0 Å². The fraction of sp³-hybridized carbons (Fsp3) is 0.375. The van der Waals surface area contributed by atoms with E-state index in [0.717, 1.165) is 35.1 Å². The minimum atomic E-state index is -0.976. The molecule has 0 spiro atoms. The third-order valence-corrected chi connectivity index (χ3v) is 5.42. The van der Waals surface area contributed by atoms with Gasteiger partial charge in [-0.3, -0.25) is 4.79 Å². The predicted octanol–water partition coefficient (Wildman–Crippen LogP) is 3.78. The molecule has 3 aromatic rings. The van der Waals surface area contributed by atoms with Crippen LogP contribution in [0.3, 0.4) is 0 Å². The number of aromatic nitrogens is 4. The Morgan fingerprint density at radius 2 is 1.73 bits per heavy atom. The number of carboxylic acids is 1. The molecule has 0 aliphatic heterocycles. The molecule has 0 aliphatic carbocycles. The van der Waals surface area contributed by atoms with Crippen molar-refractivity contribution in [1.82, 2.24) is 25.5 Å². The summed E-state index contributed by atoms with van der Waals surface area (Å²) in [5.74, 6) is -0.784. The van der Waals surface area contributed by atoms with E-state index >= 15 is 0 Å². The van der Waals surface area contributed by atoms with Crippen LogP contribution in [0.5, 0.6) is 0 Å². The van der Waals surface area contributed by atoms with Crippen LogP contribution >= 0.6 is 0 Å². The Hall–Kier alpha value is -2.55. The maximum atomic E-state index is 12.9. The first kappa shape index (κ1) is 26.7. The number of nitrogens with one attached hydrogen (secondary N) is 1. The Kier molecular flexibility index (Phi) is 10.2. The van der Waals surface area contributed by atoms with Crippen LogP contribution < -0.4 is 0 Å². The van der Waals surface area contributed by atoms with Crippen molar-refractivity contribution in [3.63, 3.8) is 0 Å². The van der Waals surface area contributed by atoms with Crippen molar-refractivity contribution in [2.24, 2.45) is 5.92 Å². The minimum absolute atomic E-state index is 0. The second-order valence-electron chi connectivity index (χ2n) is 8.13. The Morgan fingerprint density at radius 3 is 2.27 bits per heavy atom. The molecule has 0 aliphatic rings. The number of nitrogens with zero attached hydrogens (tertiary/aromatic N) is 4. The number of benzene rings is 2. The first-order valence-electron chi connectivity index (χ1n) is 10.9. The standard InChI is InChI=1S/C24H29N5O3.Na/c1-4-5-10-21(30)29(22(16(2)3)24(31)32)15-17-11-13-18(14-12-17)19-8-6-7-9-20(19)23-25-27-28-26-23;/h6-9,11-14,16,22H,4-5,10,15H2,1-3H3,(H,31,32)(H,25,26,27,28);/t22-;/m0./s1. The van der Waals surface area contributed by atoms with E-state index in [1.807, 2.05) is 69.3 Å². The number of hydrogen-bond acceptors (Lipinski definition) is 5. The van der Waals surface area contributed by atoms with E-state index in [1.54, 1.807) is 0 Å². The summed E-state index contributed by atoms with van der Waals surface area (Å²) >= 11 is 0. The molecule has 0 saturated carbocycles. The third kappa shape index (κ3) is 6.72. The van der Waals surface area contributed by atoms with Crippen LogP contribution in [0.15, 0.2) is 48.5 Å². The Bertz CT molecular complexity index is 1040. The van der Waals surface area contributed by atoms with Gasteiger partial charge in [-0.05, 0) is 34.2 Å². The average molecular weight is 459 g/mol. The molecule has 2 aromatic carbocycles. The maximum absolute atomic E-state index is 12.9. The SMILES string of the molecule is CCCCC(=O)N(Cc1ccc(-c2ccccc2-c2nn[nH]n2)cc1)[C@H](C(=O)O)C(C)C.[Na]. The number of carbonyl (C=O) groups is 2. The molecule has 1 radical (unpaired) electrons. The predicted molar refractivity (Wildman–Crippen MR) is 127 cm³/mol. The molecule has 2 N–H and O–H groups in total. The van der Waals surface area contributed by atoms with Crippen LogP contribution in [0.1, 0.15) is 45.6 Å². The number of H-pyrrole nitrogens is 1. The number of amides is 1. The third-order valence-electron chi connectivity index (χ3n) is 5.42. The van der Waals surface area contributed by atoms with Gasteiger partial charge in [0.25, 0.3) is 0 Å². The maximum Gasteiger partial charge on any atom is 0.326 e. The second-order valence-corrected chi connectivity index (χ2v) is 8.13. The van der Waals surface area contributed by atoms with Crippen LogP contribution in [0.25, 0.3) is 22.5 Å². The van der Waals surface area contributed by atoms with E-state index in [4.69, 9.17) is 0 Å². The molecule has 0 fully saturated rings. The molecule has 0 unspecified atom stereocenters. The topological polar surface area (TPSA) is 112 Å². The number of tetrazole rings is 1. The number of carbonyl (C=O) groups excluding carboxylic acids is 1. The zero-order valence-electron chi connectivity index (χ0n) is 19.7. The summed E-state index contributed by atoms with van der Waals surface area (Å²) in [5.41, 5.74) is 3.66. The number of carboxylic acid groups (broad SMARTS) is 1. The largest absolute Gasteiger partial charge is 0.480 e.